The third-order valence-corrected chi connectivity index (χ3v) is 4.15. The van der Waals surface area contributed by atoms with Crippen LogP contribution in [0.5, 0.6) is 0 Å². The molecule has 1 nitrogen and oxygen atoms in total. The highest BCUT2D eigenvalue weighted by atomic mass is 28.2. The van der Waals surface area contributed by atoms with Crippen LogP contribution in [0.1, 0.15) is 38.7 Å². The predicted octanol–water partition coefficient (Wildman–Crippen LogP) is 2.75. The van der Waals surface area contributed by atoms with Gasteiger partial charge in [0.25, 0.3) is 0 Å². The van der Waals surface area contributed by atoms with Gasteiger partial charge in [-0.2, -0.15) is 0 Å². The minimum Gasteiger partial charge on any atom is -0.423 e. The summed E-state index contributed by atoms with van der Waals surface area (Å²) in [6.45, 7) is 4.14. The molecule has 4 heteroatoms. The lowest BCUT2D eigenvalue weighted by molar-refractivity contribution is 0.109. The van der Waals surface area contributed by atoms with E-state index in [1.165, 1.54) is 12.1 Å². The van der Waals surface area contributed by atoms with Gasteiger partial charge >= 0.3 is 0 Å². The Hall–Kier alpha value is -0.743. The summed E-state index contributed by atoms with van der Waals surface area (Å²) in [4.78, 5) is 0. The minimum atomic E-state index is -0.517. The van der Waals surface area contributed by atoms with E-state index in [4.69, 9.17) is 4.43 Å². The molecule has 0 aromatic heterocycles. The number of hydrogen-bond acceptors (Lipinski definition) is 1. The minimum absolute atomic E-state index is 0.0619. The van der Waals surface area contributed by atoms with Gasteiger partial charge in [0.2, 0.25) is 0 Å². The lowest BCUT2D eigenvalue weighted by atomic mass is 9.99. The molecule has 0 saturated carbocycles. The highest BCUT2D eigenvalue weighted by Crippen LogP contribution is 2.18. The Kier molecular flexibility index (Phi) is 5.27. The Morgan fingerprint density at radius 2 is 1.94 bits per heavy atom. The average molecular weight is 258 g/mol. The third kappa shape index (κ3) is 4.96. The number of aryl methyl sites for hydroxylation is 1. The van der Waals surface area contributed by atoms with E-state index in [0.29, 0.717) is 12.0 Å². The van der Waals surface area contributed by atoms with Gasteiger partial charge in [-0.25, -0.2) is 8.78 Å². The zero-order valence-corrected chi connectivity index (χ0v) is 12.7. The van der Waals surface area contributed by atoms with Gasteiger partial charge in [-0.05, 0) is 44.7 Å². The quantitative estimate of drug-likeness (QED) is 0.563. The second kappa shape index (κ2) is 6.26. The molecule has 0 bridgehead atoms. The first kappa shape index (κ1) is 14.3. The number of benzene rings is 1. The first-order chi connectivity index (χ1) is 7.94. The molecule has 0 heterocycles. The second-order valence-corrected chi connectivity index (χ2v) is 5.31. The highest BCUT2D eigenvalue weighted by Gasteiger charge is 2.14. The van der Waals surface area contributed by atoms with E-state index in [2.05, 4.69) is 13.8 Å². The van der Waals surface area contributed by atoms with Crippen LogP contribution in [-0.4, -0.2) is 16.1 Å². The molecule has 0 aliphatic carbocycles. The molecule has 0 fully saturated rings. The van der Waals surface area contributed by atoms with Crippen molar-refractivity contribution in [3.63, 3.8) is 0 Å². The molecule has 0 spiro atoms. The van der Waals surface area contributed by atoms with Crippen LogP contribution in [0.15, 0.2) is 18.2 Å². The van der Waals surface area contributed by atoms with E-state index in [1.54, 1.807) is 0 Å². The maximum absolute atomic E-state index is 13.3. The van der Waals surface area contributed by atoms with Crippen molar-refractivity contribution >= 4 is 10.5 Å². The summed E-state index contributed by atoms with van der Waals surface area (Å²) in [5.41, 5.74) is 0.532. The molecule has 1 rings (SSSR count). The first-order valence-corrected chi connectivity index (χ1v) is 6.75. The zero-order valence-electron chi connectivity index (χ0n) is 10.7. The summed E-state index contributed by atoms with van der Waals surface area (Å²) in [5.74, 6) is -0.958. The molecule has 0 atom stereocenters. The molecule has 0 amide bonds. The van der Waals surface area contributed by atoms with E-state index < -0.39 is 11.6 Å². The largest absolute Gasteiger partial charge is 0.423 e. The van der Waals surface area contributed by atoms with E-state index in [1.807, 2.05) is 0 Å². The second-order valence-electron chi connectivity index (χ2n) is 4.91. The van der Waals surface area contributed by atoms with Gasteiger partial charge in [0, 0.05) is 11.7 Å². The van der Waals surface area contributed by atoms with Crippen LogP contribution in [0.25, 0.3) is 0 Å². The zero-order chi connectivity index (χ0) is 12.9. The molecule has 0 aliphatic rings. The van der Waals surface area contributed by atoms with Gasteiger partial charge in [0.15, 0.2) is 0 Å². The number of hydrogen-bond donors (Lipinski definition) is 0. The van der Waals surface area contributed by atoms with Crippen molar-refractivity contribution in [2.24, 2.45) is 0 Å². The Labute approximate surface area is 105 Å². The summed E-state index contributed by atoms with van der Waals surface area (Å²) in [7, 11) is 0.737. The van der Waals surface area contributed by atoms with Crippen LogP contribution in [0, 0.1) is 11.6 Å². The fraction of sp³-hybridized carbons (Fsp3) is 0.538. The molecule has 17 heavy (non-hydrogen) atoms. The predicted molar refractivity (Wildman–Crippen MR) is 69.0 cm³/mol. The SMILES string of the molecule is CC(C)(CCCCc1ccc(F)cc1F)O[SiH3]. The Balaban J connectivity index is 2.36. The molecule has 0 aliphatic heterocycles. The summed E-state index contributed by atoms with van der Waals surface area (Å²) in [6.07, 6.45) is 3.52. The molecule has 0 saturated heterocycles. The molecule has 1 aromatic carbocycles. The van der Waals surface area contributed by atoms with Gasteiger partial charge in [-0.3, -0.25) is 0 Å². The van der Waals surface area contributed by atoms with Gasteiger partial charge in [-0.1, -0.05) is 12.5 Å². The Morgan fingerprint density at radius 1 is 1.24 bits per heavy atom. The van der Waals surface area contributed by atoms with Crippen LogP contribution in [0.3, 0.4) is 0 Å². The molecule has 96 valence electrons. The van der Waals surface area contributed by atoms with Gasteiger partial charge in [0.05, 0.1) is 0 Å². The number of unbranched alkanes of at least 4 members (excludes halogenated alkanes) is 1. The van der Waals surface area contributed by atoms with E-state index >= 15 is 0 Å². The van der Waals surface area contributed by atoms with E-state index in [0.717, 1.165) is 35.8 Å². The topological polar surface area (TPSA) is 9.23 Å². The molecule has 0 unspecified atom stereocenters. The van der Waals surface area contributed by atoms with E-state index in [9.17, 15) is 8.78 Å². The Morgan fingerprint density at radius 3 is 2.53 bits per heavy atom. The standard InChI is InChI=1S/C13H20F2OSi/c1-13(2,16-17)8-4-3-5-10-6-7-11(14)9-12(10)15/h6-7,9H,3-5,8H2,1-2,17H3. The van der Waals surface area contributed by atoms with Gasteiger partial charge in [0.1, 0.15) is 22.1 Å². The summed E-state index contributed by atoms with van der Waals surface area (Å²) >= 11 is 0. The van der Waals surface area contributed by atoms with Gasteiger partial charge < -0.3 is 4.43 Å². The fourth-order valence-electron chi connectivity index (χ4n) is 1.69. The average Bonchev–Trinajstić information content (AvgIpc) is 2.27. The first-order valence-electron chi connectivity index (χ1n) is 5.94. The van der Waals surface area contributed by atoms with Crippen molar-refractivity contribution in [2.75, 3.05) is 0 Å². The van der Waals surface area contributed by atoms with Crippen molar-refractivity contribution in [2.45, 2.75) is 45.1 Å². The Bertz CT molecular complexity index is 366. The summed E-state index contributed by atoms with van der Waals surface area (Å²) in [6, 6.07) is 3.78. The molecular formula is C13H20F2OSi. The number of rotatable bonds is 6. The van der Waals surface area contributed by atoms with Crippen LogP contribution in [0.2, 0.25) is 0 Å². The molecule has 0 radical (unpaired) electrons. The monoisotopic (exact) mass is 258 g/mol. The van der Waals surface area contributed by atoms with Crippen LogP contribution in [-0.2, 0) is 10.8 Å². The van der Waals surface area contributed by atoms with Crippen LogP contribution < -0.4 is 0 Å². The summed E-state index contributed by atoms with van der Waals surface area (Å²) in [5, 5.41) is 0. The number of halogens is 2. The lowest BCUT2D eigenvalue weighted by Gasteiger charge is -2.23. The molecular weight excluding hydrogens is 238 g/mol. The van der Waals surface area contributed by atoms with Crippen LogP contribution in [0.4, 0.5) is 8.78 Å². The fourth-order valence-corrected chi connectivity index (χ4v) is 1.90. The van der Waals surface area contributed by atoms with Crippen LogP contribution >= 0.6 is 0 Å². The molecule has 1 aromatic rings. The van der Waals surface area contributed by atoms with Crippen molar-refractivity contribution in [1.82, 2.24) is 0 Å². The van der Waals surface area contributed by atoms with Crippen molar-refractivity contribution < 1.29 is 13.2 Å². The van der Waals surface area contributed by atoms with Crippen molar-refractivity contribution in [3.8, 4) is 0 Å². The maximum Gasteiger partial charge on any atom is 0.146 e. The smallest absolute Gasteiger partial charge is 0.146 e. The highest BCUT2D eigenvalue weighted by molar-refractivity contribution is 5.98. The van der Waals surface area contributed by atoms with Crippen molar-refractivity contribution in [3.05, 3.63) is 35.4 Å². The van der Waals surface area contributed by atoms with Gasteiger partial charge in [-0.15, -0.1) is 0 Å². The third-order valence-electron chi connectivity index (χ3n) is 3.04. The van der Waals surface area contributed by atoms with E-state index in [-0.39, 0.29) is 5.60 Å². The maximum atomic E-state index is 13.3. The normalized spacial score (nSPS) is 12.0. The lowest BCUT2D eigenvalue weighted by Crippen LogP contribution is -2.22. The van der Waals surface area contributed by atoms with Crippen molar-refractivity contribution in [1.29, 1.82) is 0 Å². The summed E-state index contributed by atoms with van der Waals surface area (Å²) < 4.78 is 31.4. The molecule has 0 N–H and O–H groups in total.